The third kappa shape index (κ3) is 5.83. The summed E-state index contributed by atoms with van der Waals surface area (Å²) in [6.07, 6.45) is 1.45. The molecule has 0 unspecified atom stereocenters. The van der Waals surface area contributed by atoms with Crippen molar-refractivity contribution >= 4 is 17.5 Å². The summed E-state index contributed by atoms with van der Waals surface area (Å²) in [7, 11) is 0. The number of benzene rings is 2. The minimum absolute atomic E-state index is 0.00613. The lowest BCUT2D eigenvalue weighted by molar-refractivity contribution is -0.126. The van der Waals surface area contributed by atoms with E-state index in [9.17, 15) is 9.59 Å². The first-order valence-corrected chi connectivity index (χ1v) is 8.53. The maximum absolute atomic E-state index is 11.9. The van der Waals surface area contributed by atoms with Gasteiger partial charge in [0.15, 0.2) is 5.76 Å². The molecule has 1 aromatic heterocycles. The van der Waals surface area contributed by atoms with E-state index in [2.05, 4.69) is 10.6 Å². The zero-order chi connectivity index (χ0) is 18.9. The molecule has 0 atom stereocenters. The summed E-state index contributed by atoms with van der Waals surface area (Å²) in [5.74, 6) is -0.236. The first-order chi connectivity index (χ1) is 13.2. The number of hydrogen-bond donors (Lipinski definition) is 2. The molecule has 0 aliphatic rings. The van der Waals surface area contributed by atoms with Crippen molar-refractivity contribution in [3.63, 3.8) is 0 Å². The minimum atomic E-state index is -0.309. The third-order valence-corrected chi connectivity index (χ3v) is 3.79. The molecule has 0 saturated heterocycles. The molecule has 1 heterocycles. The highest BCUT2D eigenvalue weighted by molar-refractivity contribution is 6.02. The number of carbonyl (C=O) groups is 2. The van der Waals surface area contributed by atoms with Crippen molar-refractivity contribution in [2.75, 3.05) is 11.9 Å². The monoisotopic (exact) mass is 364 g/mol. The van der Waals surface area contributed by atoms with Crippen LogP contribution in [0.5, 0.6) is 0 Å². The van der Waals surface area contributed by atoms with Crippen LogP contribution in [0.1, 0.15) is 21.7 Å². The van der Waals surface area contributed by atoms with E-state index >= 15 is 0 Å². The maximum Gasteiger partial charge on any atom is 0.291 e. The fourth-order valence-corrected chi connectivity index (χ4v) is 2.39. The van der Waals surface area contributed by atoms with Crippen LogP contribution in [0.3, 0.4) is 0 Å². The lowest BCUT2D eigenvalue weighted by Gasteiger charge is -2.08. The van der Waals surface area contributed by atoms with Crippen LogP contribution < -0.4 is 10.6 Å². The second kappa shape index (κ2) is 9.35. The average Bonchev–Trinajstić information content (AvgIpc) is 3.23. The number of hydrogen-bond acceptors (Lipinski definition) is 4. The average molecular weight is 364 g/mol. The molecule has 2 aromatic carbocycles. The highest BCUT2D eigenvalue weighted by atomic mass is 16.5. The second-order valence-electron chi connectivity index (χ2n) is 5.88. The molecule has 3 aromatic rings. The molecule has 0 radical (unpaired) electrons. The fourth-order valence-electron chi connectivity index (χ4n) is 2.39. The molecule has 6 heteroatoms. The highest BCUT2D eigenvalue weighted by Gasteiger charge is 2.08. The third-order valence-electron chi connectivity index (χ3n) is 3.79. The van der Waals surface area contributed by atoms with Crippen LogP contribution in [0, 0.1) is 0 Å². The van der Waals surface area contributed by atoms with Gasteiger partial charge in [-0.25, -0.2) is 0 Å². The summed E-state index contributed by atoms with van der Waals surface area (Å²) in [6.45, 7) is 0.796. The quantitative estimate of drug-likeness (QED) is 0.642. The SMILES string of the molecule is O=C(COCc1ccccc1)NCc1ccc(NC(=O)c2ccco2)cc1. The Morgan fingerprint density at radius 2 is 1.67 bits per heavy atom. The number of ether oxygens (including phenoxy) is 1. The number of amides is 2. The van der Waals surface area contributed by atoms with Crippen LogP contribution in [-0.4, -0.2) is 18.4 Å². The van der Waals surface area contributed by atoms with Crippen LogP contribution in [0.4, 0.5) is 5.69 Å². The minimum Gasteiger partial charge on any atom is -0.459 e. The molecule has 0 bridgehead atoms. The van der Waals surface area contributed by atoms with Gasteiger partial charge >= 0.3 is 0 Å². The Kier molecular flexibility index (Phi) is 6.38. The van der Waals surface area contributed by atoms with Gasteiger partial charge in [-0.2, -0.15) is 0 Å². The van der Waals surface area contributed by atoms with Gasteiger partial charge in [0.2, 0.25) is 5.91 Å². The molecule has 2 amide bonds. The summed E-state index contributed by atoms with van der Waals surface area (Å²) in [6, 6.07) is 20.2. The largest absolute Gasteiger partial charge is 0.459 e. The Balaban J connectivity index is 1.39. The van der Waals surface area contributed by atoms with Crippen LogP contribution in [-0.2, 0) is 22.7 Å². The first kappa shape index (κ1) is 18.4. The Morgan fingerprint density at radius 3 is 2.37 bits per heavy atom. The zero-order valence-corrected chi connectivity index (χ0v) is 14.7. The van der Waals surface area contributed by atoms with Crippen LogP contribution >= 0.6 is 0 Å². The van der Waals surface area contributed by atoms with Crippen molar-refractivity contribution < 1.29 is 18.7 Å². The Bertz CT molecular complexity index is 859. The molecule has 138 valence electrons. The normalized spacial score (nSPS) is 10.4. The lowest BCUT2D eigenvalue weighted by atomic mass is 10.2. The smallest absolute Gasteiger partial charge is 0.291 e. The summed E-state index contributed by atoms with van der Waals surface area (Å²) >= 11 is 0. The number of anilines is 1. The summed E-state index contributed by atoms with van der Waals surface area (Å²) in [5, 5.41) is 5.54. The van der Waals surface area contributed by atoms with Gasteiger partial charge in [0.05, 0.1) is 12.9 Å². The van der Waals surface area contributed by atoms with Gasteiger partial charge in [0.25, 0.3) is 5.91 Å². The Labute approximate surface area is 157 Å². The standard InChI is InChI=1S/C21H20N2O4/c24-20(15-26-14-17-5-2-1-3-6-17)22-13-16-8-10-18(11-9-16)23-21(25)19-7-4-12-27-19/h1-12H,13-15H2,(H,22,24)(H,23,25). The number of furan rings is 1. The molecular formula is C21H20N2O4. The molecule has 0 fully saturated rings. The first-order valence-electron chi connectivity index (χ1n) is 8.53. The van der Waals surface area contributed by atoms with Gasteiger partial charge in [-0.05, 0) is 35.4 Å². The van der Waals surface area contributed by atoms with E-state index in [-0.39, 0.29) is 24.2 Å². The van der Waals surface area contributed by atoms with Crippen LogP contribution in [0.2, 0.25) is 0 Å². The van der Waals surface area contributed by atoms with E-state index in [0.717, 1.165) is 11.1 Å². The Hall–Kier alpha value is -3.38. The van der Waals surface area contributed by atoms with Crippen molar-refractivity contribution in [2.24, 2.45) is 0 Å². The van der Waals surface area contributed by atoms with Gasteiger partial charge in [-0.3, -0.25) is 9.59 Å². The molecule has 0 saturated carbocycles. The van der Waals surface area contributed by atoms with Crippen molar-refractivity contribution in [3.8, 4) is 0 Å². The van der Waals surface area contributed by atoms with Gasteiger partial charge in [0.1, 0.15) is 6.61 Å². The van der Waals surface area contributed by atoms with E-state index in [4.69, 9.17) is 9.15 Å². The van der Waals surface area contributed by atoms with Gasteiger partial charge < -0.3 is 19.8 Å². The second-order valence-corrected chi connectivity index (χ2v) is 5.88. The number of rotatable bonds is 8. The van der Waals surface area contributed by atoms with E-state index in [0.29, 0.717) is 18.8 Å². The molecule has 0 aliphatic heterocycles. The number of nitrogens with one attached hydrogen (secondary N) is 2. The van der Waals surface area contributed by atoms with Crippen LogP contribution in [0.15, 0.2) is 77.4 Å². The number of carbonyl (C=O) groups excluding carboxylic acids is 2. The fraction of sp³-hybridized carbons (Fsp3) is 0.143. The van der Waals surface area contributed by atoms with Crippen LogP contribution in [0.25, 0.3) is 0 Å². The topological polar surface area (TPSA) is 80.6 Å². The lowest BCUT2D eigenvalue weighted by Crippen LogP contribution is -2.27. The summed E-state index contributed by atoms with van der Waals surface area (Å²) < 4.78 is 10.4. The van der Waals surface area contributed by atoms with Gasteiger partial charge in [-0.15, -0.1) is 0 Å². The summed E-state index contributed by atoms with van der Waals surface area (Å²) in [4.78, 5) is 23.7. The molecule has 2 N–H and O–H groups in total. The Morgan fingerprint density at radius 1 is 0.889 bits per heavy atom. The van der Waals surface area contributed by atoms with Crippen molar-refractivity contribution in [3.05, 3.63) is 89.9 Å². The van der Waals surface area contributed by atoms with E-state index in [1.165, 1.54) is 6.26 Å². The molecule has 6 nitrogen and oxygen atoms in total. The molecule has 27 heavy (non-hydrogen) atoms. The van der Waals surface area contributed by atoms with Crippen molar-refractivity contribution in [1.82, 2.24) is 5.32 Å². The van der Waals surface area contributed by atoms with Crippen molar-refractivity contribution in [1.29, 1.82) is 0 Å². The molecular weight excluding hydrogens is 344 g/mol. The predicted molar refractivity (Wildman–Crippen MR) is 101 cm³/mol. The summed E-state index contributed by atoms with van der Waals surface area (Å²) in [5.41, 5.74) is 2.59. The van der Waals surface area contributed by atoms with E-state index in [1.54, 1.807) is 24.3 Å². The maximum atomic E-state index is 11.9. The predicted octanol–water partition coefficient (Wildman–Crippen LogP) is 3.36. The highest BCUT2D eigenvalue weighted by Crippen LogP contribution is 2.11. The van der Waals surface area contributed by atoms with Crippen molar-refractivity contribution in [2.45, 2.75) is 13.2 Å². The van der Waals surface area contributed by atoms with E-state index in [1.807, 2.05) is 42.5 Å². The molecule has 0 spiro atoms. The molecule has 0 aliphatic carbocycles. The zero-order valence-electron chi connectivity index (χ0n) is 14.7. The van der Waals surface area contributed by atoms with Gasteiger partial charge in [-0.1, -0.05) is 42.5 Å². The van der Waals surface area contributed by atoms with Gasteiger partial charge in [0, 0.05) is 12.2 Å². The van der Waals surface area contributed by atoms with E-state index < -0.39 is 0 Å². The molecule has 3 rings (SSSR count).